The third kappa shape index (κ3) is 2.87. The Morgan fingerprint density at radius 1 is 1.00 bits per heavy atom. The van der Waals surface area contributed by atoms with Gasteiger partial charge in [0.1, 0.15) is 5.15 Å². The number of benzene rings is 2. The van der Waals surface area contributed by atoms with Gasteiger partial charge in [0, 0.05) is 35.2 Å². The fraction of sp³-hybridized carbons (Fsp3) is 0.125. The Morgan fingerprint density at radius 2 is 1.71 bits per heavy atom. The fourth-order valence-electron chi connectivity index (χ4n) is 2.10. The Balaban J connectivity index is 2.11. The van der Waals surface area contributed by atoms with Crippen molar-refractivity contribution in [1.29, 1.82) is 0 Å². The molecule has 106 valence electrons. The van der Waals surface area contributed by atoms with Crippen LogP contribution in [-0.4, -0.2) is 24.1 Å². The lowest BCUT2D eigenvalue weighted by Crippen LogP contribution is -2.08. The van der Waals surface area contributed by atoms with Gasteiger partial charge in [0.15, 0.2) is 5.82 Å². The van der Waals surface area contributed by atoms with Crippen molar-refractivity contribution in [2.45, 2.75) is 0 Å². The van der Waals surface area contributed by atoms with Crippen LogP contribution in [0.2, 0.25) is 5.15 Å². The van der Waals surface area contributed by atoms with Gasteiger partial charge in [-0.1, -0.05) is 27.5 Å². The third-order valence-electron chi connectivity index (χ3n) is 3.25. The number of hydrogen-bond donors (Lipinski definition) is 0. The van der Waals surface area contributed by atoms with E-state index in [1.165, 1.54) is 0 Å². The average molecular weight is 363 g/mol. The van der Waals surface area contributed by atoms with Crippen molar-refractivity contribution in [1.82, 2.24) is 9.97 Å². The molecule has 3 rings (SSSR count). The van der Waals surface area contributed by atoms with Gasteiger partial charge < -0.3 is 4.90 Å². The van der Waals surface area contributed by atoms with Crippen LogP contribution in [0.5, 0.6) is 0 Å². The standard InChI is InChI=1S/C16H13BrClN3/c1-21(2)12-6-3-10(4-7-12)16-19-14-9-11(17)5-8-13(14)15(18)20-16/h3-9H,1-2H3. The minimum atomic E-state index is 0.471. The smallest absolute Gasteiger partial charge is 0.161 e. The first-order chi connectivity index (χ1) is 10.0. The van der Waals surface area contributed by atoms with Gasteiger partial charge in [-0.05, 0) is 42.5 Å². The zero-order valence-electron chi connectivity index (χ0n) is 11.6. The van der Waals surface area contributed by atoms with E-state index in [2.05, 4.69) is 30.8 Å². The highest BCUT2D eigenvalue weighted by Crippen LogP contribution is 2.27. The van der Waals surface area contributed by atoms with E-state index in [9.17, 15) is 0 Å². The van der Waals surface area contributed by atoms with E-state index in [-0.39, 0.29) is 0 Å². The minimum Gasteiger partial charge on any atom is -0.378 e. The van der Waals surface area contributed by atoms with Crippen molar-refractivity contribution < 1.29 is 0 Å². The molecule has 3 aromatic rings. The second-order valence-electron chi connectivity index (χ2n) is 4.94. The van der Waals surface area contributed by atoms with Gasteiger partial charge in [0.05, 0.1) is 5.52 Å². The molecule has 0 amide bonds. The summed E-state index contributed by atoms with van der Waals surface area (Å²) in [5.41, 5.74) is 2.91. The van der Waals surface area contributed by atoms with Crippen molar-refractivity contribution in [3.63, 3.8) is 0 Å². The number of rotatable bonds is 2. The van der Waals surface area contributed by atoms with E-state index in [0.717, 1.165) is 26.6 Å². The summed E-state index contributed by atoms with van der Waals surface area (Å²) < 4.78 is 0.971. The summed E-state index contributed by atoms with van der Waals surface area (Å²) in [7, 11) is 4.02. The molecule has 0 saturated carbocycles. The second kappa shape index (κ2) is 5.62. The molecule has 0 saturated heterocycles. The highest BCUT2D eigenvalue weighted by Gasteiger charge is 2.08. The molecule has 0 bridgehead atoms. The van der Waals surface area contributed by atoms with Crippen molar-refractivity contribution in [2.24, 2.45) is 0 Å². The number of hydrogen-bond acceptors (Lipinski definition) is 3. The number of halogens is 2. The molecule has 0 fully saturated rings. The van der Waals surface area contributed by atoms with Crippen LogP contribution in [0.25, 0.3) is 22.3 Å². The zero-order chi connectivity index (χ0) is 15.0. The van der Waals surface area contributed by atoms with Gasteiger partial charge in [-0.3, -0.25) is 0 Å². The highest BCUT2D eigenvalue weighted by atomic mass is 79.9. The average Bonchev–Trinajstić information content (AvgIpc) is 2.46. The Labute approximate surface area is 136 Å². The summed E-state index contributed by atoms with van der Waals surface area (Å²) >= 11 is 9.73. The van der Waals surface area contributed by atoms with Crippen LogP contribution in [0.15, 0.2) is 46.9 Å². The van der Waals surface area contributed by atoms with Crippen LogP contribution in [0.4, 0.5) is 5.69 Å². The molecule has 1 heterocycles. The third-order valence-corrected chi connectivity index (χ3v) is 4.04. The monoisotopic (exact) mass is 361 g/mol. The van der Waals surface area contributed by atoms with Crippen LogP contribution in [0.1, 0.15) is 0 Å². The molecule has 0 aliphatic carbocycles. The van der Waals surface area contributed by atoms with E-state index in [0.29, 0.717) is 11.0 Å². The molecular weight excluding hydrogens is 350 g/mol. The summed E-state index contributed by atoms with van der Waals surface area (Å²) in [4.78, 5) is 11.1. The quantitative estimate of drug-likeness (QED) is 0.614. The molecule has 1 aromatic heterocycles. The first-order valence-corrected chi connectivity index (χ1v) is 7.62. The Kier molecular flexibility index (Phi) is 3.83. The molecule has 0 spiro atoms. The molecule has 0 unspecified atom stereocenters. The van der Waals surface area contributed by atoms with Crippen LogP contribution < -0.4 is 4.90 Å². The van der Waals surface area contributed by atoms with E-state index in [4.69, 9.17) is 11.6 Å². The van der Waals surface area contributed by atoms with E-state index in [1.54, 1.807) is 0 Å². The van der Waals surface area contributed by atoms with Crippen LogP contribution in [0, 0.1) is 0 Å². The predicted molar refractivity (Wildman–Crippen MR) is 92.0 cm³/mol. The summed E-state index contributed by atoms with van der Waals surface area (Å²) in [6, 6.07) is 13.9. The zero-order valence-corrected chi connectivity index (χ0v) is 14.0. The number of aromatic nitrogens is 2. The van der Waals surface area contributed by atoms with Gasteiger partial charge in [-0.25, -0.2) is 9.97 Å². The maximum absolute atomic E-state index is 6.27. The van der Waals surface area contributed by atoms with Gasteiger partial charge >= 0.3 is 0 Å². The lowest BCUT2D eigenvalue weighted by molar-refractivity contribution is 1.13. The Hall–Kier alpha value is -1.65. The largest absolute Gasteiger partial charge is 0.378 e. The summed E-state index contributed by atoms with van der Waals surface area (Å²) in [5, 5.41) is 1.33. The molecular formula is C16H13BrClN3. The molecule has 0 aliphatic heterocycles. The Morgan fingerprint density at radius 3 is 2.38 bits per heavy atom. The summed E-state index contributed by atoms with van der Waals surface area (Å²) in [6.07, 6.45) is 0. The summed E-state index contributed by atoms with van der Waals surface area (Å²) in [5.74, 6) is 0.635. The molecule has 5 heteroatoms. The number of nitrogens with zero attached hydrogens (tertiary/aromatic N) is 3. The lowest BCUT2D eigenvalue weighted by atomic mass is 10.1. The van der Waals surface area contributed by atoms with E-state index >= 15 is 0 Å². The second-order valence-corrected chi connectivity index (χ2v) is 6.21. The van der Waals surface area contributed by atoms with Crippen LogP contribution in [-0.2, 0) is 0 Å². The molecule has 0 aliphatic rings. The van der Waals surface area contributed by atoms with Crippen molar-refractivity contribution >= 4 is 44.1 Å². The van der Waals surface area contributed by atoms with Crippen molar-refractivity contribution in [2.75, 3.05) is 19.0 Å². The Bertz CT molecular complexity index is 800. The van der Waals surface area contributed by atoms with Gasteiger partial charge in [0.25, 0.3) is 0 Å². The molecule has 0 atom stereocenters. The normalized spacial score (nSPS) is 10.9. The maximum atomic E-state index is 6.27. The molecule has 21 heavy (non-hydrogen) atoms. The molecule has 0 N–H and O–H groups in total. The van der Waals surface area contributed by atoms with Crippen molar-refractivity contribution in [3.05, 3.63) is 52.1 Å². The van der Waals surface area contributed by atoms with Gasteiger partial charge in [-0.2, -0.15) is 0 Å². The van der Waals surface area contributed by atoms with E-state index in [1.807, 2.05) is 56.6 Å². The van der Waals surface area contributed by atoms with Crippen LogP contribution in [0.3, 0.4) is 0 Å². The molecule has 3 nitrogen and oxygen atoms in total. The summed E-state index contributed by atoms with van der Waals surface area (Å²) in [6.45, 7) is 0. The van der Waals surface area contributed by atoms with Crippen LogP contribution >= 0.6 is 27.5 Å². The first kappa shape index (κ1) is 14.3. The maximum Gasteiger partial charge on any atom is 0.161 e. The van der Waals surface area contributed by atoms with Gasteiger partial charge in [-0.15, -0.1) is 0 Å². The molecule has 2 aromatic carbocycles. The molecule has 0 radical (unpaired) electrons. The highest BCUT2D eigenvalue weighted by molar-refractivity contribution is 9.10. The van der Waals surface area contributed by atoms with Gasteiger partial charge in [0.2, 0.25) is 0 Å². The first-order valence-electron chi connectivity index (χ1n) is 6.45. The lowest BCUT2D eigenvalue weighted by Gasteiger charge is -2.12. The van der Waals surface area contributed by atoms with Crippen molar-refractivity contribution in [3.8, 4) is 11.4 Å². The number of fused-ring (bicyclic) bond motifs is 1. The fourth-order valence-corrected chi connectivity index (χ4v) is 2.69. The number of anilines is 1. The SMILES string of the molecule is CN(C)c1ccc(-c2nc(Cl)c3ccc(Br)cc3n2)cc1. The predicted octanol–water partition coefficient (Wildman–Crippen LogP) is 4.78. The van der Waals surface area contributed by atoms with E-state index < -0.39 is 0 Å². The topological polar surface area (TPSA) is 29.0 Å². The minimum absolute atomic E-state index is 0.471.